The third-order valence-corrected chi connectivity index (χ3v) is 8.59. The molecule has 188 valence electrons. The summed E-state index contributed by atoms with van der Waals surface area (Å²) >= 11 is 0. The van der Waals surface area contributed by atoms with Crippen LogP contribution in [-0.2, 0) is 26.2 Å². The largest absolute Gasteiger partial charge is 0.419 e. The number of rotatable bonds is 5. The average molecular weight is 512 g/mol. The van der Waals surface area contributed by atoms with Crippen LogP contribution >= 0.6 is 0 Å². The third kappa shape index (κ3) is 4.39. The molecule has 2 aromatic rings. The second-order valence-corrected chi connectivity index (χ2v) is 11.8. The van der Waals surface area contributed by atoms with Gasteiger partial charge in [0.05, 0.1) is 15.9 Å². The maximum atomic E-state index is 13.7. The van der Waals surface area contributed by atoms with E-state index in [1.165, 1.54) is 12.3 Å². The highest BCUT2D eigenvalue weighted by atomic mass is 32.2. The molecule has 1 aromatic heterocycles. The first-order valence-electron chi connectivity index (χ1n) is 11.5. The van der Waals surface area contributed by atoms with Gasteiger partial charge in [-0.05, 0) is 68.4 Å². The van der Waals surface area contributed by atoms with Gasteiger partial charge in [-0.2, -0.15) is 13.2 Å². The van der Waals surface area contributed by atoms with E-state index in [1.807, 2.05) is 0 Å². The summed E-state index contributed by atoms with van der Waals surface area (Å²) in [5, 5.41) is 3.05. The number of hydrogen-bond donors (Lipinski definition) is 1. The zero-order chi connectivity index (χ0) is 25.2. The summed E-state index contributed by atoms with van der Waals surface area (Å²) in [6.07, 6.45) is 1.63. The quantitative estimate of drug-likeness (QED) is 0.615. The molecule has 1 unspecified atom stereocenters. The topological polar surface area (TPSA) is 79.4 Å². The first-order chi connectivity index (χ1) is 16.4. The molecule has 11 heteroatoms. The van der Waals surface area contributed by atoms with Crippen molar-refractivity contribution >= 4 is 21.6 Å². The first-order valence-corrected chi connectivity index (χ1v) is 13.4. The molecule has 1 N–H and O–H groups in total. The molecule has 2 bridgehead atoms. The molecule has 3 atom stereocenters. The highest BCUT2D eigenvalue weighted by molar-refractivity contribution is 7.90. The lowest BCUT2D eigenvalue weighted by molar-refractivity contribution is -0.140. The van der Waals surface area contributed by atoms with Crippen LogP contribution in [0.2, 0.25) is 0 Å². The highest BCUT2D eigenvalue weighted by Gasteiger charge is 2.53. The summed E-state index contributed by atoms with van der Waals surface area (Å²) in [6.45, 7) is 0. The van der Waals surface area contributed by atoms with Gasteiger partial charge in [0.25, 0.3) is 0 Å². The minimum Gasteiger partial charge on any atom is -0.352 e. The molecule has 1 aromatic carbocycles. The zero-order valence-electron chi connectivity index (χ0n) is 19.0. The van der Waals surface area contributed by atoms with E-state index in [2.05, 4.69) is 15.2 Å². The Bertz CT molecular complexity index is 1250. The number of pyridine rings is 1. The number of fused-ring (bicyclic) bond motifs is 2. The van der Waals surface area contributed by atoms with Crippen molar-refractivity contribution in [2.75, 3.05) is 11.2 Å². The monoisotopic (exact) mass is 511 g/mol. The van der Waals surface area contributed by atoms with E-state index in [9.17, 15) is 30.8 Å². The summed E-state index contributed by atoms with van der Waals surface area (Å²) < 4.78 is 76.7. The molecule has 2 saturated heterocycles. The molecule has 3 fully saturated rings. The number of nitrogens with zero attached hydrogens (tertiary/aromatic N) is 2. The molecule has 35 heavy (non-hydrogen) atoms. The molecule has 3 aliphatic rings. The zero-order valence-corrected chi connectivity index (χ0v) is 19.8. The number of piperidine rings is 1. The minimum atomic E-state index is -4.83. The number of hydrogen-bond acceptors (Lipinski definition) is 5. The van der Waals surface area contributed by atoms with Gasteiger partial charge in [0.1, 0.15) is 11.6 Å². The Kier molecular flexibility index (Phi) is 5.61. The van der Waals surface area contributed by atoms with E-state index in [0.717, 1.165) is 31.2 Å². The van der Waals surface area contributed by atoms with Crippen LogP contribution in [0.15, 0.2) is 41.4 Å². The number of anilines is 1. The molecular weight excluding hydrogens is 486 g/mol. The van der Waals surface area contributed by atoms with Crippen molar-refractivity contribution < 1.29 is 30.8 Å². The smallest absolute Gasteiger partial charge is 0.352 e. The van der Waals surface area contributed by atoms with Gasteiger partial charge in [0, 0.05) is 30.6 Å². The lowest BCUT2D eigenvalue weighted by Crippen LogP contribution is -2.52. The standard InChI is InChI=1S/C24H25F4N3O3S/c1-35(33,34)18-5-7-21(29-13-18)31-16-3-4-17(31)12-15(11-16)30-22(32)23(8-9-23)14-2-6-20(25)19(10-14)24(26,27)28/h2,5-7,10,13,15-17H,3-4,8-9,11-12H2,1H3,(H,30,32)/t15?,16-,17+. The average Bonchev–Trinajstić information content (AvgIpc) is 3.54. The number of carbonyl (C=O) groups excluding carboxylic acids is 1. The number of nitrogens with one attached hydrogen (secondary N) is 1. The third-order valence-electron chi connectivity index (χ3n) is 7.49. The maximum Gasteiger partial charge on any atom is 0.419 e. The van der Waals surface area contributed by atoms with Crippen molar-refractivity contribution in [2.45, 2.75) is 73.1 Å². The Morgan fingerprint density at radius 3 is 2.29 bits per heavy atom. The van der Waals surface area contributed by atoms with Gasteiger partial charge in [-0.25, -0.2) is 17.8 Å². The van der Waals surface area contributed by atoms with Crippen LogP contribution in [0.4, 0.5) is 23.4 Å². The Morgan fingerprint density at radius 1 is 1.11 bits per heavy atom. The van der Waals surface area contributed by atoms with Crippen molar-refractivity contribution in [2.24, 2.45) is 0 Å². The molecule has 0 radical (unpaired) electrons. The van der Waals surface area contributed by atoms with Gasteiger partial charge >= 0.3 is 6.18 Å². The maximum absolute atomic E-state index is 13.7. The fourth-order valence-electron chi connectivity index (χ4n) is 5.55. The van der Waals surface area contributed by atoms with Crippen molar-refractivity contribution in [1.82, 2.24) is 10.3 Å². The molecule has 1 amide bonds. The van der Waals surface area contributed by atoms with Gasteiger partial charge < -0.3 is 10.2 Å². The van der Waals surface area contributed by atoms with Crippen molar-refractivity contribution in [3.05, 3.63) is 53.5 Å². The number of sulfone groups is 1. The molecule has 5 rings (SSSR count). The van der Waals surface area contributed by atoms with Crippen molar-refractivity contribution in [1.29, 1.82) is 0 Å². The Labute approximate surface area is 200 Å². The predicted molar refractivity (Wildman–Crippen MR) is 120 cm³/mol. The van der Waals surface area contributed by atoms with Crippen LogP contribution in [0.5, 0.6) is 0 Å². The number of carbonyl (C=O) groups is 1. The molecule has 1 saturated carbocycles. The van der Waals surface area contributed by atoms with E-state index >= 15 is 0 Å². The van der Waals surface area contributed by atoms with Crippen LogP contribution in [0.1, 0.15) is 49.7 Å². The van der Waals surface area contributed by atoms with E-state index < -0.39 is 32.8 Å². The Morgan fingerprint density at radius 2 is 1.77 bits per heavy atom. The van der Waals surface area contributed by atoms with Gasteiger partial charge in [0.2, 0.25) is 5.91 Å². The first kappa shape index (κ1) is 24.0. The van der Waals surface area contributed by atoms with Gasteiger partial charge in [-0.3, -0.25) is 4.79 Å². The molecular formula is C24H25F4N3O3S. The second kappa shape index (κ2) is 8.18. The summed E-state index contributed by atoms with van der Waals surface area (Å²) in [4.78, 5) is 19.9. The SMILES string of the molecule is CS(=O)(=O)c1ccc(N2[C@@H]3CC[C@H]2CC(NC(=O)C2(c4ccc(F)c(C(F)(F)F)c4)CC2)C3)nc1. The number of amides is 1. The van der Waals surface area contributed by atoms with Gasteiger partial charge in [-0.1, -0.05) is 6.07 Å². The number of aromatic nitrogens is 1. The number of halogens is 4. The van der Waals surface area contributed by atoms with E-state index in [0.29, 0.717) is 31.5 Å². The Hall–Kier alpha value is -2.69. The van der Waals surface area contributed by atoms with Gasteiger partial charge in [0.15, 0.2) is 9.84 Å². The van der Waals surface area contributed by atoms with Crippen LogP contribution in [0.3, 0.4) is 0 Å². The summed E-state index contributed by atoms with van der Waals surface area (Å²) in [5.74, 6) is -0.968. The molecule has 0 spiro atoms. The lowest BCUT2D eigenvalue weighted by atomic mass is 9.91. The number of alkyl halides is 3. The molecule has 6 nitrogen and oxygen atoms in total. The second-order valence-electron chi connectivity index (χ2n) is 9.83. The minimum absolute atomic E-state index is 0.119. The van der Waals surface area contributed by atoms with E-state index in [-0.39, 0.29) is 34.5 Å². The Balaban J connectivity index is 1.29. The van der Waals surface area contributed by atoms with Crippen LogP contribution in [0, 0.1) is 5.82 Å². The predicted octanol–water partition coefficient (Wildman–Crippen LogP) is 3.99. The highest BCUT2D eigenvalue weighted by Crippen LogP contribution is 2.50. The fourth-order valence-corrected chi connectivity index (χ4v) is 6.11. The summed E-state index contributed by atoms with van der Waals surface area (Å²) in [5.41, 5.74) is -2.21. The molecule has 1 aliphatic carbocycles. The molecule has 2 aliphatic heterocycles. The van der Waals surface area contributed by atoms with Crippen molar-refractivity contribution in [3.63, 3.8) is 0 Å². The normalized spacial score (nSPS) is 25.4. The summed E-state index contributed by atoms with van der Waals surface area (Å²) in [7, 11) is -3.34. The lowest BCUT2D eigenvalue weighted by Gasteiger charge is -2.40. The fraction of sp³-hybridized carbons (Fsp3) is 0.500. The van der Waals surface area contributed by atoms with Crippen molar-refractivity contribution in [3.8, 4) is 0 Å². The summed E-state index contributed by atoms with van der Waals surface area (Å²) in [6, 6.07) is 6.17. The van der Waals surface area contributed by atoms with Crippen LogP contribution in [0.25, 0.3) is 0 Å². The van der Waals surface area contributed by atoms with E-state index in [4.69, 9.17) is 0 Å². The van der Waals surface area contributed by atoms with Gasteiger partial charge in [-0.15, -0.1) is 0 Å². The van der Waals surface area contributed by atoms with Crippen LogP contribution in [-0.4, -0.2) is 43.7 Å². The van der Waals surface area contributed by atoms with Crippen LogP contribution < -0.4 is 10.2 Å². The molecule has 3 heterocycles. The van der Waals surface area contributed by atoms with E-state index in [1.54, 1.807) is 12.1 Å². The number of benzene rings is 1.